The van der Waals surface area contributed by atoms with Crippen molar-refractivity contribution in [1.29, 1.82) is 0 Å². The van der Waals surface area contributed by atoms with Crippen LogP contribution >= 0.6 is 11.6 Å². The molecule has 0 fully saturated rings. The Kier molecular flexibility index (Phi) is 4.13. The van der Waals surface area contributed by atoms with Crippen molar-refractivity contribution in [3.8, 4) is 5.75 Å². The zero-order valence-electron chi connectivity index (χ0n) is 8.49. The number of amides is 1. The van der Waals surface area contributed by atoms with Gasteiger partial charge in [0.05, 0.1) is 17.7 Å². The highest BCUT2D eigenvalue weighted by molar-refractivity contribution is 6.33. The van der Waals surface area contributed by atoms with Gasteiger partial charge in [-0.3, -0.25) is 9.59 Å². The van der Waals surface area contributed by atoms with E-state index in [1.807, 2.05) is 0 Å². The van der Waals surface area contributed by atoms with Gasteiger partial charge in [-0.15, -0.1) is 0 Å². The van der Waals surface area contributed by atoms with Gasteiger partial charge in [-0.1, -0.05) is 11.6 Å². The van der Waals surface area contributed by atoms with Gasteiger partial charge >= 0.3 is 5.97 Å². The molecule has 1 aromatic rings. The second-order valence-electron chi connectivity index (χ2n) is 2.92. The lowest BCUT2D eigenvalue weighted by Crippen LogP contribution is -2.30. The number of nitrogens with one attached hydrogen (secondary N) is 1. The van der Waals surface area contributed by atoms with Crippen molar-refractivity contribution in [2.75, 3.05) is 13.7 Å². The lowest BCUT2D eigenvalue weighted by atomic mass is 10.2. The number of phenolic OH excluding ortho intramolecular Hbond substituents is 1. The lowest BCUT2D eigenvalue weighted by molar-refractivity contribution is -0.139. The van der Waals surface area contributed by atoms with E-state index < -0.39 is 11.9 Å². The molecule has 6 heteroatoms. The molecule has 2 N–H and O–H groups in total. The molecule has 0 heterocycles. The Bertz CT molecular complexity index is 419. The fourth-order valence-electron chi connectivity index (χ4n) is 1.01. The van der Waals surface area contributed by atoms with Gasteiger partial charge in [0.25, 0.3) is 5.91 Å². The van der Waals surface area contributed by atoms with E-state index >= 15 is 0 Å². The van der Waals surface area contributed by atoms with Crippen LogP contribution in [0.15, 0.2) is 18.2 Å². The Morgan fingerprint density at radius 2 is 2.19 bits per heavy atom. The summed E-state index contributed by atoms with van der Waals surface area (Å²) in [4.78, 5) is 22.3. The molecule has 16 heavy (non-hydrogen) atoms. The zero-order valence-corrected chi connectivity index (χ0v) is 9.25. The minimum atomic E-state index is -0.565. The standard InChI is InChI=1S/C10H10ClNO4/c1-16-9(14)5-12-10(15)7-4-6(13)2-3-8(7)11/h2-4,13H,5H2,1H3,(H,12,15). The molecule has 1 aromatic carbocycles. The molecule has 86 valence electrons. The highest BCUT2D eigenvalue weighted by Crippen LogP contribution is 2.20. The molecule has 0 saturated heterocycles. The smallest absolute Gasteiger partial charge is 0.325 e. The van der Waals surface area contributed by atoms with Crippen molar-refractivity contribution in [1.82, 2.24) is 5.32 Å². The Morgan fingerprint density at radius 3 is 2.81 bits per heavy atom. The van der Waals surface area contributed by atoms with Gasteiger partial charge in [-0.25, -0.2) is 0 Å². The van der Waals surface area contributed by atoms with Crippen LogP contribution in [0.3, 0.4) is 0 Å². The van der Waals surface area contributed by atoms with Crippen molar-refractivity contribution < 1.29 is 19.4 Å². The number of aromatic hydroxyl groups is 1. The van der Waals surface area contributed by atoms with E-state index in [1.165, 1.54) is 25.3 Å². The summed E-state index contributed by atoms with van der Waals surface area (Å²) in [5.74, 6) is -1.19. The topological polar surface area (TPSA) is 75.6 Å². The lowest BCUT2D eigenvalue weighted by Gasteiger charge is -2.05. The third-order valence-electron chi connectivity index (χ3n) is 1.82. The summed E-state index contributed by atoms with van der Waals surface area (Å²) in [6.45, 7) is -0.249. The zero-order chi connectivity index (χ0) is 12.1. The van der Waals surface area contributed by atoms with Crippen LogP contribution in [0.5, 0.6) is 5.75 Å². The summed E-state index contributed by atoms with van der Waals surface area (Å²) in [7, 11) is 1.22. The van der Waals surface area contributed by atoms with Crippen molar-refractivity contribution >= 4 is 23.5 Å². The molecule has 0 bridgehead atoms. The maximum atomic E-state index is 11.5. The average Bonchev–Trinajstić information content (AvgIpc) is 2.28. The van der Waals surface area contributed by atoms with Crippen LogP contribution < -0.4 is 5.32 Å². The van der Waals surface area contributed by atoms with Gasteiger partial charge in [0.2, 0.25) is 0 Å². The van der Waals surface area contributed by atoms with E-state index in [9.17, 15) is 14.7 Å². The molecular formula is C10H10ClNO4. The fourth-order valence-corrected chi connectivity index (χ4v) is 1.21. The van der Waals surface area contributed by atoms with Gasteiger partial charge in [0, 0.05) is 0 Å². The van der Waals surface area contributed by atoms with Crippen LogP contribution in [0.25, 0.3) is 0 Å². The van der Waals surface area contributed by atoms with Gasteiger partial charge in [-0.05, 0) is 18.2 Å². The highest BCUT2D eigenvalue weighted by Gasteiger charge is 2.12. The van der Waals surface area contributed by atoms with E-state index in [-0.39, 0.29) is 22.9 Å². The molecular weight excluding hydrogens is 234 g/mol. The van der Waals surface area contributed by atoms with Gasteiger partial charge in [0.15, 0.2) is 0 Å². The first-order chi connectivity index (χ1) is 7.54. The van der Waals surface area contributed by atoms with Crippen LogP contribution in [0.1, 0.15) is 10.4 Å². The molecule has 0 spiro atoms. The SMILES string of the molecule is COC(=O)CNC(=O)c1cc(O)ccc1Cl. The summed E-state index contributed by atoms with van der Waals surface area (Å²) >= 11 is 5.75. The number of ether oxygens (including phenoxy) is 1. The number of hydrogen-bond donors (Lipinski definition) is 2. The molecule has 0 atom stereocenters. The molecule has 1 amide bonds. The van der Waals surface area contributed by atoms with Gasteiger partial charge < -0.3 is 15.2 Å². The molecule has 0 aliphatic rings. The van der Waals surface area contributed by atoms with Crippen LogP contribution in [0, 0.1) is 0 Å². The normalized spacial score (nSPS) is 9.62. The number of halogens is 1. The predicted octanol–water partition coefficient (Wildman–Crippen LogP) is 0.948. The minimum Gasteiger partial charge on any atom is -0.508 e. The van der Waals surface area contributed by atoms with Crippen molar-refractivity contribution in [3.63, 3.8) is 0 Å². The number of phenols is 1. The first kappa shape index (κ1) is 12.3. The maximum Gasteiger partial charge on any atom is 0.325 e. The minimum absolute atomic E-state index is 0.0763. The third-order valence-corrected chi connectivity index (χ3v) is 2.15. The van der Waals surface area contributed by atoms with Crippen LogP contribution in [0.4, 0.5) is 0 Å². The third kappa shape index (κ3) is 3.13. The Morgan fingerprint density at radius 1 is 1.50 bits per heavy atom. The summed E-state index contributed by atoms with van der Waals surface area (Å²) in [6, 6.07) is 3.97. The van der Waals surface area contributed by atoms with Crippen molar-refractivity contribution in [2.45, 2.75) is 0 Å². The predicted molar refractivity (Wildman–Crippen MR) is 57.5 cm³/mol. The van der Waals surface area contributed by atoms with E-state index in [0.717, 1.165) is 0 Å². The van der Waals surface area contributed by atoms with Crippen molar-refractivity contribution in [3.05, 3.63) is 28.8 Å². The number of benzene rings is 1. The molecule has 0 radical (unpaired) electrons. The Balaban J connectivity index is 2.73. The number of carbonyl (C=O) groups is 2. The summed E-state index contributed by atoms with van der Waals surface area (Å²) in [6.07, 6.45) is 0. The van der Waals surface area contributed by atoms with E-state index in [1.54, 1.807) is 0 Å². The monoisotopic (exact) mass is 243 g/mol. The van der Waals surface area contributed by atoms with E-state index in [4.69, 9.17) is 11.6 Å². The molecule has 0 saturated carbocycles. The number of carbonyl (C=O) groups excluding carboxylic acids is 2. The van der Waals surface area contributed by atoms with E-state index in [2.05, 4.69) is 10.1 Å². The average molecular weight is 244 g/mol. The maximum absolute atomic E-state index is 11.5. The summed E-state index contributed by atoms with van der Waals surface area (Å²) < 4.78 is 4.35. The second-order valence-corrected chi connectivity index (χ2v) is 3.33. The van der Waals surface area contributed by atoms with Crippen molar-refractivity contribution in [2.24, 2.45) is 0 Å². The number of rotatable bonds is 3. The molecule has 1 rings (SSSR count). The first-order valence-corrected chi connectivity index (χ1v) is 4.76. The number of hydrogen-bond acceptors (Lipinski definition) is 4. The van der Waals surface area contributed by atoms with Crippen LogP contribution in [-0.2, 0) is 9.53 Å². The largest absolute Gasteiger partial charge is 0.508 e. The van der Waals surface area contributed by atoms with Crippen LogP contribution in [-0.4, -0.2) is 30.6 Å². The molecule has 0 unspecified atom stereocenters. The fraction of sp³-hybridized carbons (Fsp3) is 0.200. The summed E-state index contributed by atoms with van der Waals surface area (Å²) in [5.41, 5.74) is 0.102. The molecule has 0 aliphatic heterocycles. The number of methoxy groups -OCH3 is 1. The molecule has 5 nitrogen and oxygen atoms in total. The quantitative estimate of drug-likeness (QED) is 0.775. The Labute approximate surface area is 97.0 Å². The first-order valence-electron chi connectivity index (χ1n) is 4.38. The second kappa shape index (κ2) is 5.37. The Hall–Kier alpha value is -1.75. The van der Waals surface area contributed by atoms with Gasteiger partial charge in [-0.2, -0.15) is 0 Å². The number of esters is 1. The molecule has 0 aliphatic carbocycles. The van der Waals surface area contributed by atoms with Gasteiger partial charge in [0.1, 0.15) is 12.3 Å². The highest BCUT2D eigenvalue weighted by atomic mass is 35.5. The van der Waals surface area contributed by atoms with E-state index in [0.29, 0.717) is 0 Å². The summed E-state index contributed by atoms with van der Waals surface area (Å²) in [5, 5.41) is 11.7. The van der Waals surface area contributed by atoms with Crippen LogP contribution in [0.2, 0.25) is 5.02 Å². The molecule has 0 aromatic heterocycles.